The Hall–Kier alpha value is -2.86. The van der Waals surface area contributed by atoms with Crippen LogP contribution in [0.25, 0.3) is 10.9 Å². The van der Waals surface area contributed by atoms with Crippen molar-refractivity contribution in [2.45, 2.75) is 6.54 Å². The molecule has 0 aliphatic heterocycles. The molecule has 0 aliphatic carbocycles. The van der Waals surface area contributed by atoms with E-state index in [0.717, 1.165) is 35.4 Å². The van der Waals surface area contributed by atoms with E-state index in [4.69, 9.17) is 0 Å². The third-order valence-electron chi connectivity index (χ3n) is 4.10. The van der Waals surface area contributed by atoms with E-state index in [1.807, 2.05) is 31.3 Å². The van der Waals surface area contributed by atoms with Crippen molar-refractivity contribution in [2.24, 2.45) is 0 Å². The molecular formula is C19H23N5O. The fraction of sp³-hybridized carbons (Fsp3) is 0.263. The molecule has 0 unspecified atom stereocenters. The topological polar surface area (TPSA) is 62.2 Å². The molecule has 25 heavy (non-hydrogen) atoms. The molecule has 6 heteroatoms. The molecule has 0 spiro atoms. The van der Waals surface area contributed by atoms with Gasteiger partial charge < -0.3 is 20.1 Å². The van der Waals surface area contributed by atoms with Crippen molar-refractivity contribution in [1.29, 1.82) is 0 Å². The van der Waals surface area contributed by atoms with Crippen LogP contribution in [-0.4, -0.2) is 48.0 Å². The van der Waals surface area contributed by atoms with Crippen LogP contribution in [0, 0.1) is 0 Å². The lowest BCUT2D eigenvalue weighted by atomic mass is 10.2. The number of pyridine rings is 1. The van der Waals surface area contributed by atoms with E-state index < -0.39 is 0 Å². The van der Waals surface area contributed by atoms with Crippen LogP contribution in [0.15, 0.2) is 48.8 Å². The van der Waals surface area contributed by atoms with Gasteiger partial charge in [-0.1, -0.05) is 6.07 Å². The second-order valence-electron chi connectivity index (χ2n) is 6.22. The van der Waals surface area contributed by atoms with Gasteiger partial charge in [0.25, 0.3) is 5.91 Å². The normalized spacial score (nSPS) is 11.0. The highest BCUT2D eigenvalue weighted by Gasteiger charge is 2.09. The van der Waals surface area contributed by atoms with Crippen molar-refractivity contribution < 1.29 is 4.79 Å². The zero-order valence-corrected chi connectivity index (χ0v) is 14.8. The van der Waals surface area contributed by atoms with E-state index in [1.54, 1.807) is 12.3 Å². The number of rotatable bonds is 6. The highest BCUT2D eigenvalue weighted by molar-refractivity contribution is 6.03. The number of nitrogens with zero attached hydrogens (tertiary/aromatic N) is 3. The average molecular weight is 337 g/mol. The summed E-state index contributed by atoms with van der Waals surface area (Å²) in [4.78, 5) is 18.7. The molecule has 0 aliphatic rings. The maximum Gasteiger partial charge on any atom is 0.274 e. The van der Waals surface area contributed by atoms with E-state index >= 15 is 0 Å². The first-order chi connectivity index (χ1) is 12.1. The summed E-state index contributed by atoms with van der Waals surface area (Å²) in [6.45, 7) is 1.86. The van der Waals surface area contributed by atoms with Crippen LogP contribution >= 0.6 is 0 Å². The van der Waals surface area contributed by atoms with Crippen molar-refractivity contribution >= 4 is 28.2 Å². The van der Waals surface area contributed by atoms with Gasteiger partial charge in [0.2, 0.25) is 0 Å². The number of aromatic nitrogens is 2. The van der Waals surface area contributed by atoms with Crippen molar-refractivity contribution in [3.63, 3.8) is 0 Å². The highest BCUT2D eigenvalue weighted by atomic mass is 16.1. The van der Waals surface area contributed by atoms with E-state index in [2.05, 4.69) is 51.4 Å². The second kappa shape index (κ2) is 7.36. The molecule has 0 radical (unpaired) electrons. The Kier molecular flexibility index (Phi) is 5.00. The summed E-state index contributed by atoms with van der Waals surface area (Å²) in [5.41, 5.74) is 3.14. The van der Waals surface area contributed by atoms with Crippen LogP contribution in [0.4, 0.5) is 11.4 Å². The number of fused-ring (bicyclic) bond motifs is 1. The summed E-state index contributed by atoms with van der Waals surface area (Å²) >= 11 is 0. The fourth-order valence-electron chi connectivity index (χ4n) is 2.64. The first kappa shape index (κ1) is 17.0. The summed E-state index contributed by atoms with van der Waals surface area (Å²) in [5, 5.41) is 7.07. The summed E-state index contributed by atoms with van der Waals surface area (Å²) in [6.07, 6.45) is 3.72. The van der Waals surface area contributed by atoms with Gasteiger partial charge in [-0.3, -0.25) is 4.79 Å². The van der Waals surface area contributed by atoms with Crippen molar-refractivity contribution in [2.75, 3.05) is 38.3 Å². The Labute approximate surface area is 147 Å². The summed E-state index contributed by atoms with van der Waals surface area (Å²) in [5.74, 6) is -0.214. The Bertz CT molecular complexity index is 867. The number of likely N-dealkylation sites (N-methyl/N-ethyl adjacent to an activating group) is 1. The highest BCUT2D eigenvalue weighted by Crippen LogP contribution is 2.21. The Morgan fingerprint density at radius 2 is 1.96 bits per heavy atom. The molecule has 2 heterocycles. The summed E-state index contributed by atoms with van der Waals surface area (Å²) < 4.78 is 2.20. The molecule has 0 fully saturated rings. The lowest BCUT2D eigenvalue weighted by Crippen LogP contribution is -2.18. The first-order valence-electron chi connectivity index (χ1n) is 8.25. The predicted octanol–water partition coefficient (Wildman–Crippen LogP) is 2.89. The van der Waals surface area contributed by atoms with Gasteiger partial charge in [0, 0.05) is 32.0 Å². The van der Waals surface area contributed by atoms with E-state index in [9.17, 15) is 4.79 Å². The van der Waals surface area contributed by atoms with E-state index in [-0.39, 0.29) is 5.91 Å². The Balaban J connectivity index is 1.78. The van der Waals surface area contributed by atoms with Gasteiger partial charge in [-0.05, 0) is 49.8 Å². The maximum atomic E-state index is 12.4. The third kappa shape index (κ3) is 3.97. The number of anilines is 2. The average Bonchev–Trinajstić information content (AvgIpc) is 3.02. The fourth-order valence-corrected chi connectivity index (χ4v) is 2.64. The molecule has 6 nitrogen and oxygen atoms in total. The molecule has 2 N–H and O–H groups in total. The Morgan fingerprint density at radius 3 is 2.64 bits per heavy atom. The molecule has 2 aromatic heterocycles. The minimum Gasteiger partial charge on any atom is -0.387 e. The van der Waals surface area contributed by atoms with Gasteiger partial charge >= 0.3 is 0 Å². The largest absolute Gasteiger partial charge is 0.387 e. The minimum atomic E-state index is -0.214. The summed E-state index contributed by atoms with van der Waals surface area (Å²) in [6, 6.07) is 11.6. The lowest BCUT2D eigenvalue weighted by Gasteiger charge is -2.12. The number of carbonyl (C=O) groups is 1. The molecule has 0 saturated carbocycles. The third-order valence-corrected chi connectivity index (χ3v) is 4.10. The molecule has 3 aromatic rings. The summed E-state index contributed by atoms with van der Waals surface area (Å²) in [7, 11) is 5.94. The van der Waals surface area contributed by atoms with Crippen molar-refractivity contribution in [3.8, 4) is 0 Å². The van der Waals surface area contributed by atoms with Crippen LogP contribution in [0.3, 0.4) is 0 Å². The van der Waals surface area contributed by atoms with Crippen molar-refractivity contribution in [3.05, 3.63) is 54.5 Å². The molecule has 0 atom stereocenters. The van der Waals surface area contributed by atoms with Gasteiger partial charge in [-0.25, -0.2) is 4.98 Å². The van der Waals surface area contributed by atoms with Gasteiger partial charge in [0.05, 0.1) is 17.4 Å². The number of nitrogens with one attached hydrogen (secondary N) is 2. The predicted molar refractivity (Wildman–Crippen MR) is 102 cm³/mol. The number of hydrogen-bond donors (Lipinski definition) is 2. The minimum absolute atomic E-state index is 0.214. The van der Waals surface area contributed by atoms with Crippen LogP contribution in [0.2, 0.25) is 0 Å². The molecule has 0 bridgehead atoms. The monoisotopic (exact) mass is 337 g/mol. The molecule has 130 valence electrons. The van der Waals surface area contributed by atoms with Gasteiger partial charge in [0.15, 0.2) is 0 Å². The number of carbonyl (C=O) groups excluding carboxylic acids is 1. The first-order valence-corrected chi connectivity index (χ1v) is 8.25. The molecule has 1 aromatic carbocycles. The zero-order chi connectivity index (χ0) is 17.8. The van der Waals surface area contributed by atoms with E-state index in [1.165, 1.54) is 0 Å². The zero-order valence-electron chi connectivity index (χ0n) is 14.8. The van der Waals surface area contributed by atoms with Gasteiger partial charge in [0.1, 0.15) is 5.69 Å². The van der Waals surface area contributed by atoms with Crippen LogP contribution in [0.5, 0.6) is 0 Å². The standard InChI is InChI=1S/C19H23N5O/c1-20-16-6-7-17(21-13-16)19(25)22-15-5-4-14-8-9-24(18(14)12-15)11-10-23(2)3/h4-9,12-13,20H,10-11H2,1-3H3,(H,22,25). The number of amides is 1. The van der Waals surface area contributed by atoms with Gasteiger partial charge in [-0.15, -0.1) is 0 Å². The molecule has 0 saturated heterocycles. The van der Waals surface area contributed by atoms with Crippen LogP contribution in [0.1, 0.15) is 10.5 Å². The second-order valence-corrected chi connectivity index (χ2v) is 6.22. The lowest BCUT2D eigenvalue weighted by molar-refractivity contribution is 0.102. The van der Waals surface area contributed by atoms with Crippen LogP contribution in [-0.2, 0) is 6.54 Å². The molecule has 3 rings (SSSR count). The van der Waals surface area contributed by atoms with E-state index in [0.29, 0.717) is 5.69 Å². The van der Waals surface area contributed by atoms with Gasteiger partial charge in [-0.2, -0.15) is 0 Å². The molecular weight excluding hydrogens is 314 g/mol. The SMILES string of the molecule is CNc1ccc(C(=O)Nc2ccc3ccn(CCN(C)C)c3c2)nc1. The number of hydrogen-bond acceptors (Lipinski definition) is 4. The van der Waals surface area contributed by atoms with Crippen LogP contribution < -0.4 is 10.6 Å². The number of benzene rings is 1. The maximum absolute atomic E-state index is 12.4. The molecule has 1 amide bonds. The van der Waals surface area contributed by atoms with Crippen molar-refractivity contribution in [1.82, 2.24) is 14.5 Å². The smallest absolute Gasteiger partial charge is 0.274 e. The Morgan fingerprint density at radius 1 is 1.16 bits per heavy atom. The quantitative estimate of drug-likeness (QED) is 0.726.